The Hall–Kier alpha value is -2.12. The van der Waals surface area contributed by atoms with Gasteiger partial charge < -0.3 is 9.15 Å². The third kappa shape index (κ3) is 2.92. The Morgan fingerprint density at radius 3 is 2.82 bits per heavy atom. The van der Waals surface area contributed by atoms with Crippen LogP contribution < -0.4 is 0 Å². The van der Waals surface area contributed by atoms with Crippen molar-refractivity contribution in [2.24, 2.45) is 0 Å². The fraction of sp³-hybridized carbons (Fsp3) is 0.154. The number of nitrogens with zero attached hydrogens (tertiary/aromatic N) is 1. The molecule has 4 heteroatoms. The van der Waals surface area contributed by atoms with Crippen LogP contribution in [-0.4, -0.2) is 0 Å². The highest BCUT2D eigenvalue weighted by molar-refractivity contribution is 5.32. The van der Waals surface area contributed by atoms with Crippen LogP contribution in [0.25, 0.3) is 0 Å². The molecule has 0 radical (unpaired) electrons. The van der Waals surface area contributed by atoms with Crippen LogP contribution in [0, 0.1) is 17.1 Å². The number of nitriles is 1. The summed E-state index contributed by atoms with van der Waals surface area (Å²) in [5.41, 5.74) is 0.729. The molecular weight excluding hydrogens is 221 g/mol. The van der Waals surface area contributed by atoms with E-state index in [2.05, 4.69) is 0 Å². The molecule has 0 bridgehead atoms. The molecular formula is C13H10FNO2. The molecule has 0 fully saturated rings. The van der Waals surface area contributed by atoms with Crippen LogP contribution in [-0.2, 0) is 18.0 Å². The summed E-state index contributed by atoms with van der Waals surface area (Å²) in [6.45, 7) is 0.449. The van der Waals surface area contributed by atoms with Crippen molar-refractivity contribution in [3.8, 4) is 6.07 Å². The van der Waals surface area contributed by atoms with E-state index in [1.807, 2.05) is 6.07 Å². The third-order valence-electron chi connectivity index (χ3n) is 2.26. The molecule has 2 rings (SSSR count). The minimum absolute atomic E-state index is 0.151. The van der Waals surface area contributed by atoms with Crippen molar-refractivity contribution in [1.82, 2.24) is 0 Å². The van der Waals surface area contributed by atoms with Gasteiger partial charge in [-0.1, -0.05) is 6.07 Å². The average Bonchev–Trinajstić information content (AvgIpc) is 2.84. The van der Waals surface area contributed by atoms with Crippen LogP contribution in [0.4, 0.5) is 4.39 Å². The number of benzene rings is 1. The van der Waals surface area contributed by atoms with E-state index in [1.54, 1.807) is 30.5 Å². The van der Waals surface area contributed by atoms with Gasteiger partial charge in [0.2, 0.25) is 0 Å². The molecule has 0 saturated heterocycles. The number of hydrogen-bond acceptors (Lipinski definition) is 3. The summed E-state index contributed by atoms with van der Waals surface area (Å²) in [6, 6.07) is 9.75. The van der Waals surface area contributed by atoms with Gasteiger partial charge in [0.25, 0.3) is 0 Å². The molecule has 1 heterocycles. The van der Waals surface area contributed by atoms with Crippen LogP contribution in [0.1, 0.15) is 16.9 Å². The lowest BCUT2D eigenvalue weighted by Gasteiger charge is -2.04. The van der Waals surface area contributed by atoms with Crippen LogP contribution in [0.5, 0.6) is 0 Å². The maximum Gasteiger partial charge on any atom is 0.130 e. The third-order valence-corrected chi connectivity index (χ3v) is 2.26. The second kappa shape index (κ2) is 5.28. The molecule has 86 valence electrons. The minimum atomic E-state index is -0.427. The Morgan fingerprint density at radius 1 is 1.29 bits per heavy atom. The number of ether oxygens (including phenoxy) is 1. The standard InChI is InChI=1S/C13H10FNO2/c14-13-6-10(7-15)3-4-11(13)8-16-9-12-2-1-5-17-12/h1-6H,8-9H2. The van der Waals surface area contributed by atoms with Crippen molar-refractivity contribution in [1.29, 1.82) is 5.26 Å². The van der Waals surface area contributed by atoms with Gasteiger partial charge in [0.1, 0.15) is 18.2 Å². The van der Waals surface area contributed by atoms with E-state index in [4.69, 9.17) is 14.4 Å². The Kier molecular flexibility index (Phi) is 3.53. The molecule has 0 unspecified atom stereocenters. The molecule has 0 N–H and O–H groups in total. The van der Waals surface area contributed by atoms with Gasteiger partial charge in [0.05, 0.1) is 24.5 Å². The van der Waals surface area contributed by atoms with Crippen molar-refractivity contribution in [3.63, 3.8) is 0 Å². The predicted octanol–water partition coefficient (Wildman–Crippen LogP) is 3.01. The molecule has 1 aromatic heterocycles. The summed E-state index contributed by atoms with van der Waals surface area (Å²) >= 11 is 0. The fourth-order valence-electron chi connectivity index (χ4n) is 1.39. The molecule has 0 amide bonds. The van der Waals surface area contributed by atoms with E-state index in [1.165, 1.54) is 6.07 Å². The van der Waals surface area contributed by atoms with E-state index < -0.39 is 5.82 Å². The first kappa shape index (κ1) is 11.4. The van der Waals surface area contributed by atoms with Gasteiger partial charge in [0, 0.05) is 5.56 Å². The molecule has 0 aliphatic carbocycles. The molecule has 0 atom stereocenters. The monoisotopic (exact) mass is 231 g/mol. The normalized spacial score (nSPS) is 10.1. The van der Waals surface area contributed by atoms with E-state index >= 15 is 0 Å². The topological polar surface area (TPSA) is 46.2 Å². The Labute approximate surface area is 98.0 Å². The van der Waals surface area contributed by atoms with Crippen LogP contribution >= 0.6 is 0 Å². The molecule has 1 aromatic carbocycles. The summed E-state index contributed by atoms with van der Waals surface area (Å²) in [5.74, 6) is 0.266. The maximum absolute atomic E-state index is 13.4. The van der Waals surface area contributed by atoms with Crippen molar-refractivity contribution in [2.45, 2.75) is 13.2 Å². The fourth-order valence-corrected chi connectivity index (χ4v) is 1.39. The van der Waals surface area contributed by atoms with E-state index in [-0.39, 0.29) is 6.61 Å². The second-order valence-corrected chi connectivity index (χ2v) is 3.49. The number of furan rings is 1. The van der Waals surface area contributed by atoms with Crippen LogP contribution in [0.2, 0.25) is 0 Å². The predicted molar refractivity (Wildman–Crippen MR) is 58.3 cm³/mol. The van der Waals surface area contributed by atoms with Gasteiger partial charge in [-0.2, -0.15) is 5.26 Å². The highest BCUT2D eigenvalue weighted by atomic mass is 19.1. The first-order valence-corrected chi connectivity index (χ1v) is 5.08. The number of hydrogen-bond donors (Lipinski definition) is 0. The van der Waals surface area contributed by atoms with Gasteiger partial charge in [0.15, 0.2) is 0 Å². The van der Waals surface area contributed by atoms with Gasteiger partial charge in [-0.3, -0.25) is 0 Å². The lowest BCUT2D eigenvalue weighted by molar-refractivity contribution is 0.0909. The summed E-state index contributed by atoms with van der Waals surface area (Å²) in [4.78, 5) is 0. The van der Waals surface area contributed by atoms with Gasteiger partial charge in [-0.05, 0) is 24.3 Å². The lowest BCUT2D eigenvalue weighted by Crippen LogP contribution is -1.96. The first-order valence-electron chi connectivity index (χ1n) is 5.08. The summed E-state index contributed by atoms with van der Waals surface area (Å²) in [6.07, 6.45) is 1.56. The van der Waals surface area contributed by atoms with Gasteiger partial charge in [-0.25, -0.2) is 4.39 Å². The van der Waals surface area contributed by atoms with Gasteiger partial charge >= 0.3 is 0 Å². The van der Waals surface area contributed by atoms with E-state index in [0.717, 1.165) is 0 Å². The zero-order valence-corrected chi connectivity index (χ0v) is 9.02. The summed E-state index contributed by atoms with van der Waals surface area (Å²) < 4.78 is 23.8. The van der Waals surface area contributed by atoms with Crippen molar-refractivity contribution in [2.75, 3.05) is 0 Å². The summed E-state index contributed by atoms with van der Waals surface area (Å²) in [7, 11) is 0. The molecule has 0 aliphatic heterocycles. The SMILES string of the molecule is N#Cc1ccc(COCc2ccco2)c(F)c1. The molecule has 3 nitrogen and oxygen atoms in total. The lowest BCUT2D eigenvalue weighted by atomic mass is 10.1. The molecule has 0 aliphatic rings. The van der Waals surface area contributed by atoms with Crippen LogP contribution in [0.15, 0.2) is 41.0 Å². The largest absolute Gasteiger partial charge is 0.467 e. The van der Waals surface area contributed by atoms with Crippen LogP contribution in [0.3, 0.4) is 0 Å². The molecule has 17 heavy (non-hydrogen) atoms. The Morgan fingerprint density at radius 2 is 2.18 bits per heavy atom. The first-order chi connectivity index (χ1) is 8.29. The van der Waals surface area contributed by atoms with Crippen molar-refractivity contribution < 1.29 is 13.5 Å². The molecule has 0 saturated carbocycles. The number of halogens is 1. The van der Waals surface area contributed by atoms with Crippen molar-refractivity contribution in [3.05, 3.63) is 59.3 Å². The zero-order chi connectivity index (χ0) is 12.1. The minimum Gasteiger partial charge on any atom is -0.467 e. The smallest absolute Gasteiger partial charge is 0.130 e. The Bertz CT molecular complexity index is 529. The molecule has 2 aromatic rings. The van der Waals surface area contributed by atoms with Gasteiger partial charge in [-0.15, -0.1) is 0 Å². The quantitative estimate of drug-likeness (QED) is 0.812. The zero-order valence-electron chi connectivity index (χ0n) is 9.02. The highest BCUT2D eigenvalue weighted by Gasteiger charge is 2.04. The summed E-state index contributed by atoms with van der Waals surface area (Å²) in [5, 5.41) is 8.59. The molecule has 0 spiro atoms. The average molecular weight is 231 g/mol. The maximum atomic E-state index is 13.4. The Balaban J connectivity index is 1.93. The highest BCUT2D eigenvalue weighted by Crippen LogP contribution is 2.12. The van der Waals surface area contributed by atoms with E-state index in [0.29, 0.717) is 23.5 Å². The van der Waals surface area contributed by atoms with Crippen molar-refractivity contribution >= 4 is 0 Å². The number of rotatable bonds is 4. The van der Waals surface area contributed by atoms with E-state index in [9.17, 15) is 4.39 Å². The second-order valence-electron chi connectivity index (χ2n) is 3.49.